The van der Waals surface area contributed by atoms with Crippen LogP contribution in [0.4, 0.5) is 11.4 Å². The average molecular weight is 265 g/mol. The minimum absolute atomic E-state index is 0.106. The molecule has 0 heterocycles. The third kappa shape index (κ3) is 3.88. The summed E-state index contributed by atoms with van der Waals surface area (Å²) in [5.41, 5.74) is 6.29. The molecule has 0 unspecified atom stereocenters. The van der Waals surface area contributed by atoms with Gasteiger partial charge in [0, 0.05) is 7.11 Å². The molecular formula is C9H13ClN2O3S. The zero-order valence-corrected chi connectivity index (χ0v) is 10.3. The van der Waals surface area contributed by atoms with Crippen molar-refractivity contribution in [3.05, 3.63) is 23.2 Å². The van der Waals surface area contributed by atoms with Crippen LogP contribution < -0.4 is 10.5 Å². The highest BCUT2D eigenvalue weighted by molar-refractivity contribution is 7.92. The quantitative estimate of drug-likeness (QED) is 0.786. The minimum atomic E-state index is -3.40. The summed E-state index contributed by atoms with van der Waals surface area (Å²) in [6.45, 7) is 0.137. The second-order valence-corrected chi connectivity index (χ2v) is 5.40. The van der Waals surface area contributed by atoms with Crippen molar-refractivity contribution in [3.8, 4) is 0 Å². The summed E-state index contributed by atoms with van der Waals surface area (Å²) in [4.78, 5) is 0. The summed E-state index contributed by atoms with van der Waals surface area (Å²) in [5.74, 6) is -0.106. The lowest BCUT2D eigenvalue weighted by Gasteiger charge is -2.08. The van der Waals surface area contributed by atoms with Gasteiger partial charge >= 0.3 is 0 Å². The van der Waals surface area contributed by atoms with Gasteiger partial charge in [0.25, 0.3) is 0 Å². The number of nitrogen functional groups attached to an aromatic ring is 1. The smallest absolute Gasteiger partial charge is 0.235 e. The largest absolute Gasteiger partial charge is 0.398 e. The molecule has 0 spiro atoms. The Morgan fingerprint density at radius 3 is 2.75 bits per heavy atom. The number of hydrogen-bond donors (Lipinski definition) is 2. The highest BCUT2D eigenvalue weighted by Crippen LogP contribution is 2.23. The van der Waals surface area contributed by atoms with E-state index in [-0.39, 0.29) is 12.4 Å². The van der Waals surface area contributed by atoms with Crippen molar-refractivity contribution < 1.29 is 13.2 Å². The molecular weight excluding hydrogens is 252 g/mol. The van der Waals surface area contributed by atoms with Gasteiger partial charge in [0.15, 0.2) is 0 Å². The van der Waals surface area contributed by atoms with Gasteiger partial charge in [-0.15, -0.1) is 0 Å². The first-order chi connectivity index (χ1) is 7.44. The molecule has 0 saturated carbocycles. The third-order valence-corrected chi connectivity index (χ3v) is 3.41. The van der Waals surface area contributed by atoms with E-state index in [1.807, 2.05) is 0 Å². The molecule has 0 aliphatic rings. The summed E-state index contributed by atoms with van der Waals surface area (Å²) in [6.07, 6.45) is 0. The Balaban J connectivity index is 2.76. The van der Waals surface area contributed by atoms with Crippen LogP contribution in [0.2, 0.25) is 5.02 Å². The van der Waals surface area contributed by atoms with Gasteiger partial charge in [-0.3, -0.25) is 4.72 Å². The number of sulfonamides is 1. The Hall–Kier alpha value is -0.980. The fourth-order valence-corrected chi connectivity index (χ4v) is 2.17. The second-order valence-electron chi connectivity index (χ2n) is 3.15. The molecule has 0 aliphatic heterocycles. The molecule has 0 saturated heterocycles. The SMILES string of the molecule is COCCS(=O)(=O)Nc1ccc(N)c(Cl)c1. The Labute approximate surface area is 99.6 Å². The Morgan fingerprint density at radius 2 is 2.19 bits per heavy atom. The highest BCUT2D eigenvalue weighted by atomic mass is 35.5. The van der Waals surface area contributed by atoms with Crippen LogP contribution in [-0.4, -0.2) is 27.9 Å². The topological polar surface area (TPSA) is 81.4 Å². The van der Waals surface area contributed by atoms with E-state index in [9.17, 15) is 8.42 Å². The van der Waals surface area contributed by atoms with Gasteiger partial charge in [0.05, 0.1) is 28.8 Å². The lowest BCUT2D eigenvalue weighted by Crippen LogP contribution is -2.19. The molecule has 16 heavy (non-hydrogen) atoms. The summed E-state index contributed by atoms with van der Waals surface area (Å²) in [6, 6.07) is 4.54. The van der Waals surface area contributed by atoms with E-state index in [2.05, 4.69) is 4.72 Å². The number of nitrogens with two attached hydrogens (primary N) is 1. The van der Waals surface area contributed by atoms with Gasteiger partial charge < -0.3 is 10.5 Å². The van der Waals surface area contributed by atoms with E-state index in [4.69, 9.17) is 22.1 Å². The monoisotopic (exact) mass is 264 g/mol. The Bertz CT molecular complexity index is 462. The highest BCUT2D eigenvalue weighted by Gasteiger charge is 2.10. The number of ether oxygens (including phenoxy) is 1. The van der Waals surface area contributed by atoms with E-state index in [1.54, 1.807) is 6.07 Å². The second kappa shape index (κ2) is 5.38. The van der Waals surface area contributed by atoms with Crippen LogP contribution in [0.1, 0.15) is 0 Å². The summed E-state index contributed by atoms with van der Waals surface area (Å²) in [7, 11) is -1.96. The number of methoxy groups -OCH3 is 1. The van der Waals surface area contributed by atoms with Crippen LogP contribution in [0, 0.1) is 0 Å². The predicted octanol–water partition coefficient (Wildman–Crippen LogP) is 1.31. The fourth-order valence-electron chi connectivity index (χ4n) is 1.01. The summed E-state index contributed by atoms with van der Waals surface area (Å²) in [5, 5.41) is 0.312. The molecule has 0 radical (unpaired) electrons. The maximum atomic E-state index is 11.5. The van der Waals surface area contributed by atoms with Crippen molar-refractivity contribution in [1.29, 1.82) is 0 Å². The van der Waals surface area contributed by atoms with Crippen molar-refractivity contribution in [2.24, 2.45) is 0 Å². The van der Waals surface area contributed by atoms with Crippen LogP contribution in [0.15, 0.2) is 18.2 Å². The molecule has 1 aromatic carbocycles. The van der Waals surface area contributed by atoms with Crippen LogP contribution in [0.25, 0.3) is 0 Å². The molecule has 0 aliphatic carbocycles. The standard InChI is InChI=1S/C9H13ClN2O3S/c1-15-4-5-16(13,14)12-7-2-3-9(11)8(10)6-7/h2-3,6,12H,4-5,11H2,1H3. The molecule has 0 atom stereocenters. The summed E-state index contributed by atoms with van der Waals surface area (Å²) < 4.78 is 30.0. The molecule has 0 bridgehead atoms. The number of anilines is 2. The van der Waals surface area contributed by atoms with Crippen molar-refractivity contribution in [2.45, 2.75) is 0 Å². The zero-order chi connectivity index (χ0) is 12.2. The van der Waals surface area contributed by atoms with Gasteiger partial charge in [-0.1, -0.05) is 11.6 Å². The van der Waals surface area contributed by atoms with Gasteiger partial charge in [-0.05, 0) is 18.2 Å². The molecule has 7 heteroatoms. The number of hydrogen-bond acceptors (Lipinski definition) is 4. The zero-order valence-electron chi connectivity index (χ0n) is 8.73. The lowest BCUT2D eigenvalue weighted by molar-refractivity contribution is 0.217. The van der Waals surface area contributed by atoms with E-state index >= 15 is 0 Å². The van der Waals surface area contributed by atoms with Crippen LogP contribution in [0.3, 0.4) is 0 Å². The molecule has 0 amide bonds. The van der Waals surface area contributed by atoms with Crippen molar-refractivity contribution in [1.82, 2.24) is 0 Å². The molecule has 3 N–H and O–H groups in total. The van der Waals surface area contributed by atoms with Gasteiger partial charge in [-0.25, -0.2) is 8.42 Å². The molecule has 90 valence electrons. The van der Waals surface area contributed by atoms with Crippen LogP contribution >= 0.6 is 11.6 Å². The molecule has 1 rings (SSSR count). The minimum Gasteiger partial charge on any atom is -0.398 e. The maximum absolute atomic E-state index is 11.5. The first-order valence-electron chi connectivity index (χ1n) is 4.49. The third-order valence-electron chi connectivity index (χ3n) is 1.83. The van der Waals surface area contributed by atoms with E-state index in [0.717, 1.165) is 0 Å². The van der Waals surface area contributed by atoms with Crippen molar-refractivity contribution >= 4 is 33.0 Å². The molecule has 0 aromatic heterocycles. The Morgan fingerprint density at radius 1 is 1.50 bits per heavy atom. The van der Waals surface area contributed by atoms with Crippen LogP contribution in [-0.2, 0) is 14.8 Å². The van der Waals surface area contributed by atoms with Crippen molar-refractivity contribution in [2.75, 3.05) is 29.9 Å². The average Bonchev–Trinajstić information content (AvgIpc) is 2.20. The summed E-state index contributed by atoms with van der Waals surface area (Å²) >= 11 is 5.76. The Kier molecular flexibility index (Phi) is 4.40. The van der Waals surface area contributed by atoms with Gasteiger partial charge in [-0.2, -0.15) is 0 Å². The predicted molar refractivity (Wildman–Crippen MR) is 65.1 cm³/mol. The first-order valence-corrected chi connectivity index (χ1v) is 6.52. The van der Waals surface area contributed by atoms with Crippen molar-refractivity contribution in [3.63, 3.8) is 0 Å². The normalized spacial score (nSPS) is 11.4. The van der Waals surface area contributed by atoms with Crippen LogP contribution in [0.5, 0.6) is 0 Å². The fraction of sp³-hybridized carbons (Fsp3) is 0.333. The van der Waals surface area contributed by atoms with E-state index in [0.29, 0.717) is 16.4 Å². The van der Waals surface area contributed by atoms with Gasteiger partial charge in [0.1, 0.15) is 0 Å². The molecule has 5 nitrogen and oxygen atoms in total. The first kappa shape index (κ1) is 13.1. The molecule has 1 aromatic rings. The van der Waals surface area contributed by atoms with E-state index in [1.165, 1.54) is 19.2 Å². The molecule has 0 fully saturated rings. The number of benzene rings is 1. The van der Waals surface area contributed by atoms with E-state index < -0.39 is 10.0 Å². The number of nitrogens with one attached hydrogen (secondary N) is 1. The number of halogens is 1. The van der Waals surface area contributed by atoms with Gasteiger partial charge in [0.2, 0.25) is 10.0 Å². The maximum Gasteiger partial charge on any atom is 0.235 e. The lowest BCUT2D eigenvalue weighted by atomic mass is 10.3. The number of rotatable bonds is 5.